The fourth-order valence-corrected chi connectivity index (χ4v) is 5.84. The summed E-state index contributed by atoms with van der Waals surface area (Å²) in [6.45, 7) is 0. The monoisotopic (exact) mass is 312 g/mol. The van der Waals surface area contributed by atoms with Crippen molar-refractivity contribution in [3.8, 4) is 0 Å². The first-order valence-electron chi connectivity index (χ1n) is 7.79. The predicted molar refractivity (Wildman–Crippen MR) is 76.9 cm³/mol. The molecular weight excluding hydrogens is 294 g/mol. The molecule has 1 aromatic carbocycles. The Morgan fingerprint density at radius 2 is 1.48 bits per heavy atom. The van der Waals surface area contributed by atoms with Crippen LogP contribution in [0, 0.1) is 34.8 Å². The highest BCUT2D eigenvalue weighted by Gasteiger charge is 2.54. The number of hydrogen-bond donors (Lipinski definition) is 1. The van der Waals surface area contributed by atoms with Gasteiger partial charge in [-0.15, -0.1) is 0 Å². The summed E-state index contributed by atoms with van der Waals surface area (Å²) >= 11 is 6.07. The van der Waals surface area contributed by atoms with Crippen LogP contribution in [0.5, 0.6) is 0 Å². The van der Waals surface area contributed by atoms with Gasteiger partial charge in [-0.2, -0.15) is 0 Å². The van der Waals surface area contributed by atoms with Crippen molar-refractivity contribution in [2.75, 3.05) is 0 Å². The van der Waals surface area contributed by atoms with Crippen LogP contribution in [0.4, 0.5) is 8.78 Å². The highest BCUT2D eigenvalue weighted by molar-refractivity contribution is 6.31. The summed E-state index contributed by atoms with van der Waals surface area (Å²) in [5.74, 6) is 0.180. The van der Waals surface area contributed by atoms with E-state index < -0.39 is 17.7 Å². The summed E-state index contributed by atoms with van der Waals surface area (Å²) in [4.78, 5) is 0. The van der Waals surface area contributed by atoms with Gasteiger partial charge in [-0.1, -0.05) is 11.6 Å². The molecular formula is C17H19ClF2O. The fourth-order valence-electron chi connectivity index (χ4n) is 5.59. The first-order valence-corrected chi connectivity index (χ1v) is 8.17. The molecule has 5 rings (SSSR count). The molecule has 1 nitrogen and oxygen atoms in total. The Bertz CT molecular complexity index is 551. The van der Waals surface area contributed by atoms with E-state index in [0.29, 0.717) is 23.3 Å². The van der Waals surface area contributed by atoms with Crippen LogP contribution in [0.3, 0.4) is 0 Å². The summed E-state index contributed by atoms with van der Waals surface area (Å²) in [5.41, 5.74) is 0.181. The summed E-state index contributed by atoms with van der Waals surface area (Å²) in [7, 11) is 0. The topological polar surface area (TPSA) is 20.2 Å². The van der Waals surface area contributed by atoms with E-state index in [1.54, 1.807) is 0 Å². The predicted octanol–water partition coefficient (Wildman–Crippen LogP) is 4.87. The Kier molecular flexibility index (Phi) is 3.10. The minimum Gasteiger partial charge on any atom is -0.388 e. The average molecular weight is 313 g/mol. The van der Waals surface area contributed by atoms with Crippen LogP contribution in [0.1, 0.15) is 50.2 Å². The quantitative estimate of drug-likeness (QED) is 0.773. The van der Waals surface area contributed by atoms with E-state index >= 15 is 0 Å². The van der Waals surface area contributed by atoms with Crippen LogP contribution in [0.2, 0.25) is 5.02 Å². The highest BCUT2D eigenvalue weighted by atomic mass is 35.5. The SMILES string of the molecule is OC(c1cc(F)c(F)cc1Cl)C12CC3CC(CC(C3)C1)C2. The van der Waals surface area contributed by atoms with Gasteiger partial charge in [-0.3, -0.25) is 0 Å². The van der Waals surface area contributed by atoms with Crippen molar-refractivity contribution < 1.29 is 13.9 Å². The lowest BCUT2D eigenvalue weighted by molar-refractivity contribution is -0.122. The largest absolute Gasteiger partial charge is 0.388 e. The number of hydrogen-bond acceptors (Lipinski definition) is 1. The molecule has 4 heteroatoms. The van der Waals surface area contributed by atoms with Crippen LogP contribution in [-0.4, -0.2) is 5.11 Å². The molecule has 0 aliphatic heterocycles. The molecule has 0 spiro atoms. The van der Waals surface area contributed by atoms with Gasteiger partial charge in [0, 0.05) is 16.0 Å². The molecule has 0 saturated heterocycles. The van der Waals surface area contributed by atoms with Crippen molar-refractivity contribution >= 4 is 11.6 Å². The molecule has 1 unspecified atom stereocenters. The maximum Gasteiger partial charge on any atom is 0.160 e. The molecule has 0 amide bonds. The fraction of sp³-hybridized carbons (Fsp3) is 0.647. The maximum atomic E-state index is 13.5. The third-order valence-electron chi connectivity index (χ3n) is 6.00. The van der Waals surface area contributed by atoms with Gasteiger partial charge >= 0.3 is 0 Å². The van der Waals surface area contributed by atoms with Gasteiger partial charge in [-0.05, 0) is 68.4 Å². The molecule has 21 heavy (non-hydrogen) atoms. The highest BCUT2D eigenvalue weighted by Crippen LogP contribution is 2.64. The second kappa shape index (κ2) is 4.66. The second-order valence-corrected chi connectivity index (χ2v) is 7.88. The van der Waals surface area contributed by atoms with E-state index in [9.17, 15) is 13.9 Å². The van der Waals surface area contributed by atoms with E-state index in [4.69, 9.17) is 11.6 Å². The minimum absolute atomic E-state index is 0.136. The Morgan fingerprint density at radius 3 is 2.00 bits per heavy atom. The number of aliphatic hydroxyl groups is 1. The number of halogens is 3. The molecule has 114 valence electrons. The molecule has 1 aromatic rings. The lowest BCUT2D eigenvalue weighted by atomic mass is 9.47. The third-order valence-corrected chi connectivity index (χ3v) is 6.33. The van der Waals surface area contributed by atoms with E-state index in [1.165, 1.54) is 19.3 Å². The summed E-state index contributed by atoms with van der Waals surface area (Å²) in [5, 5.41) is 11.0. The third kappa shape index (κ3) is 2.12. The lowest BCUT2D eigenvalue weighted by Gasteiger charge is -2.58. The zero-order chi connectivity index (χ0) is 14.8. The first kappa shape index (κ1) is 14.0. The van der Waals surface area contributed by atoms with Crippen LogP contribution < -0.4 is 0 Å². The van der Waals surface area contributed by atoms with Gasteiger partial charge in [0.15, 0.2) is 11.6 Å². The lowest BCUT2D eigenvalue weighted by Crippen LogP contribution is -2.48. The number of aliphatic hydroxyl groups excluding tert-OH is 1. The maximum absolute atomic E-state index is 13.5. The molecule has 4 aliphatic carbocycles. The summed E-state index contributed by atoms with van der Waals surface area (Å²) < 4.78 is 26.8. The number of rotatable bonds is 2. The van der Waals surface area contributed by atoms with Gasteiger partial charge in [0.2, 0.25) is 0 Å². The van der Waals surface area contributed by atoms with Crippen LogP contribution >= 0.6 is 11.6 Å². The first-order chi connectivity index (χ1) is 9.97. The average Bonchev–Trinajstić information content (AvgIpc) is 2.40. The van der Waals surface area contributed by atoms with Gasteiger partial charge < -0.3 is 5.11 Å². The molecule has 4 fully saturated rings. The van der Waals surface area contributed by atoms with Gasteiger partial charge in [-0.25, -0.2) is 8.78 Å². The Balaban J connectivity index is 1.71. The molecule has 4 bridgehead atoms. The van der Waals surface area contributed by atoms with Crippen molar-refractivity contribution in [3.63, 3.8) is 0 Å². The molecule has 4 saturated carbocycles. The zero-order valence-corrected chi connectivity index (χ0v) is 12.5. The molecule has 1 N–H and O–H groups in total. The molecule has 0 aromatic heterocycles. The minimum atomic E-state index is -0.957. The molecule has 1 atom stereocenters. The summed E-state index contributed by atoms with van der Waals surface area (Å²) in [6, 6.07) is 2.07. The molecule has 0 heterocycles. The van der Waals surface area contributed by atoms with E-state index in [1.807, 2.05) is 0 Å². The number of benzene rings is 1. The second-order valence-electron chi connectivity index (χ2n) is 7.47. The Hall–Kier alpha value is -0.670. The Labute approximate surface area is 128 Å². The molecule has 0 radical (unpaired) electrons. The standard InChI is InChI=1S/C17H19ClF2O/c18-13-5-15(20)14(19)4-12(13)16(21)17-6-9-1-10(7-17)3-11(2-9)8-17/h4-5,9-11,16,21H,1-3,6-8H2. The van der Waals surface area contributed by atoms with Crippen molar-refractivity contribution in [3.05, 3.63) is 34.4 Å². The van der Waals surface area contributed by atoms with Crippen molar-refractivity contribution in [1.29, 1.82) is 0 Å². The van der Waals surface area contributed by atoms with Crippen molar-refractivity contribution in [2.45, 2.75) is 44.6 Å². The zero-order valence-electron chi connectivity index (χ0n) is 11.8. The van der Waals surface area contributed by atoms with Crippen molar-refractivity contribution in [2.24, 2.45) is 23.2 Å². The van der Waals surface area contributed by atoms with Gasteiger partial charge in [0.05, 0.1) is 6.10 Å². The van der Waals surface area contributed by atoms with E-state index in [-0.39, 0.29) is 10.4 Å². The van der Waals surface area contributed by atoms with Crippen LogP contribution in [-0.2, 0) is 0 Å². The summed E-state index contributed by atoms with van der Waals surface area (Å²) in [6.07, 6.45) is 6.03. The van der Waals surface area contributed by atoms with Crippen molar-refractivity contribution in [1.82, 2.24) is 0 Å². The van der Waals surface area contributed by atoms with E-state index in [0.717, 1.165) is 31.4 Å². The van der Waals surface area contributed by atoms with E-state index in [2.05, 4.69) is 0 Å². The van der Waals surface area contributed by atoms with Crippen LogP contribution in [0.25, 0.3) is 0 Å². The smallest absolute Gasteiger partial charge is 0.160 e. The van der Waals surface area contributed by atoms with Crippen LogP contribution in [0.15, 0.2) is 12.1 Å². The Morgan fingerprint density at radius 1 is 1.00 bits per heavy atom. The van der Waals surface area contributed by atoms with Gasteiger partial charge in [0.25, 0.3) is 0 Å². The van der Waals surface area contributed by atoms with Gasteiger partial charge in [0.1, 0.15) is 0 Å². The normalized spacial score (nSPS) is 38.8. The molecule has 4 aliphatic rings.